The highest BCUT2D eigenvalue weighted by Crippen LogP contribution is 2.58. The number of furan rings is 1. The Morgan fingerprint density at radius 1 is 1.19 bits per heavy atom. The molecular formula is C14H15O6P. The van der Waals surface area contributed by atoms with Gasteiger partial charge in [-0.25, -0.2) is 0 Å². The molecule has 21 heavy (non-hydrogen) atoms. The molecule has 2 rings (SSSR count). The molecule has 0 radical (unpaired) electrons. The maximum Gasteiger partial charge on any atom is 0.316 e. The van der Waals surface area contributed by atoms with Gasteiger partial charge < -0.3 is 19.5 Å². The summed E-state index contributed by atoms with van der Waals surface area (Å²) in [5.74, 6) is -2.93. The molecule has 0 bridgehead atoms. The minimum absolute atomic E-state index is 0.203. The van der Waals surface area contributed by atoms with Gasteiger partial charge in [-0.15, -0.1) is 0 Å². The molecule has 0 fully saturated rings. The van der Waals surface area contributed by atoms with Crippen molar-refractivity contribution < 1.29 is 28.9 Å². The summed E-state index contributed by atoms with van der Waals surface area (Å²) in [4.78, 5) is 21.5. The number of aliphatic hydroxyl groups is 1. The van der Waals surface area contributed by atoms with Gasteiger partial charge >= 0.3 is 5.97 Å². The van der Waals surface area contributed by atoms with Crippen LogP contribution < -0.4 is 0 Å². The minimum atomic E-state index is -4.42. The molecule has 6 nitrogen and oxygen atoms in total. The van der Waals surface area contributed by atoms with Gasteiger partial charge in [0.05, 0.1) is 6.26 Å². The van der Waals surface area contributed by atoms with E-state index in [0.717, 1.165) is 0 Å². The number of hydrogen-bond acceptors (Lipinski definition) is 4. The quantitative estimate of drug-likeness (QED) is 0.706. The van der Waals surface area contributed by atoms with Crippen LogP contribution in [-0.2, 0) is 15.8 Å². The van der Waals surface area contributed by atoms with E-state index in [1.54, 1.807) is 24.3 Å². The minimum Gasteiger partial charge on any atom is -0.481 e. The van der Waals surface area contributed by atoms with E-state index >= 15 is 0 Å². The lowest BCUT2D eigenvalue weighted by molar-refractivity contribution is -0.136. The zero-order valence-electron chi connectivity index (χ0n) is 11.0. The summed E-state index contributed by atoms with van der Waals surface area (Å²) in [5.41, 5.74) is -1.44. The number of carbonyl (C=O) groups is 1. The van der Waals surface area contributed by atoms with Gasteiger partial charge in [-0.3, -0.25) is 9.36 Å². The molecule has 0 aliphatic carbocycles. The van der Waals surface area contributed by atoms with Gasteiger partial charge in [0, 0.05) is 6.42 Å². The number of hydrogen-bond donors (Lipinski definition) is 3. The summed E-state index contributed by atoms with van der Waals surface area (Å²) in [7, 11) is -4.42. The van der Waals surface area contributed by atoms with Crippen LogP contribution >= 0.6 is 7.37 Å². The Hall–Kier alpha value is -1.88. The number of benzene rings is 1. The van der Waals surface area contributed by atoms with Crippen LogP contribution in [-0.4, -0.2) is 26.7 Å². The topological polar surface area (TPSA) is 108 Å². The van der Waals surface area contributed by atoms with E-state index < -0.39 is 24.8 Å². The number of aliphatic hydroxyl groups excluding tert-OH is 1. The van der Waals surface area contributed by atoms with Crippen molar-refractivity contribution in [2.24, 2.45) is 0 Å². The number of rotatable bonds is 6. The molecule has 0 saturated carbocycles. The summed E-state index contributed by atoms with van der Waals surface area (Å²) in [6.45, 7) is 0. The highest BCUT2D eigenvalue weighted by Gasteiger charge is 2.44. The van der Waals surface area contributed by atoms with Crippen LogP contribution in [0.3, 0.4) is 0 Å². The summed E-state index contributed by atoms with van der Waals surface area (Å²) in [6.07, 6.45) is 1.09. The van der Waals surface area contributed by atoms with E-state index in [2.05, 4.69) is 0 Å². The van der Waals surface area contributed by atoms with Crippen LogP contribution in [0.1, 0.15) is 17.2 Å². The first-order chi connectivity index (χ1) is 9.93. The normalized spacial score (nSPS) is 16.9. The number of carboxylic acid groups (broad SMARTS) is 1. The fourth-order valence-electron chi connectivity index (χ4n) is 2.00. The standard InChI is InChI=1S/C14H15O6P/c15-13(16)12(9-11-7-4-8-20-11)21(18,19)14(17)10-5-2-1-3-6-10/h1-8,12,14,17H,9H2,(H,15,16)(H,18,19)/t12-,14+/m0/s1. The van der Waals surface area contributed by atoms with Crippen molar-refractivity contribution in [2.75, 3.05) is 0 Å². The molecule has 7 heteroatoms. The van der Waals surface area contributed by atoms with E-state index in [1.807, 2.05) is 0 Å². The molecule has 0 aliphatic heterocycles. The van der Waals surface area contributed by atoms with Gasteiger partial charge in [0.1, 0.15) is 11.4 Å². The van der Waals surface area contributed by atoms with Crippen LogP contribution in [0.15, 0.2) is 53.1 Å². The third kappa shape index (κ3) is 3.42. The molecule has 112 valence electrons. The van der Waals surface area contributed by atoms with E-state index in [9.17, 15) is 24.5 Å². The van der Waals surface area contributed by atoms with Crippen molar-refractivity contribution in [3.63, 3.8) is 0 Å². The van der Waals surface area contributed by atoms with Crippen LogP contribution in [0, 0.1) is 0 Å². The van der Waals surface area contributed by atoms with Crippen molar-refractivity contribution in [1.29, 1.82) is 0 Å². The lowest BCUT2D eigenvalue weighted by atomic mass is 10.2. The third-order valence-electron chi connectivity index (χ3n) is 3.15. The summed E-state index contributed by atoms with van der Waals surface area (Å²) in [6, 6.07) is 10.9. The SMILES string of the molecule is O=C(O)[C@H](Cc1ccco1)P(=O)(O)[C@@H](O)c1ccccc1. The lowest BCUT2D eigenvalue weighted by Gasteiger charge is -2.23. The summed E-state index contributed by atoms with van der Waals surface area (Å²) < 4.78 is 17.5. The highest BCUT2D eigenvalue weighted by atomic mass is 31.2. The largest absolute Gasteiger partial charge is 0.481 e. The Kier molecular flexibility index (Phi) is 4.63. The Bertz CT molecular complexity index is 637. The van der Waals surface area contributed by atoms with Crippen LogP contribution in [0.2, 0.25) is 0 Å². The van der Waals surface area contributed by atoms with E-state index in [0.29, 0.717) is 0 Å². The first kappa shape index (κ1) is 15.5. The van der Waals surface area contributed by atoms with E-state index in [4.69, 9.17) is 4.42 Å². The molecule has 2 aromatic rings. The highest BCUT2D eigenvalue weighted by molar-refractivity contribution is 7.59. The zero-order chi connectivity index (χ0) is 15.5. The first-order valence-corrected chi connectivity index (χ1v) is 8.03. The average Bonchev–Trinajstić information content (AvgIpc) is 2.97. The molecule has 0 saturated heterocycles. The van der Waals surface area contributed by atoms with Crippen LogP contribution in [0.25, 0.3) is 0 Å². The second-order valence-corrected chi connectivity index (χ2v) is 7.05. The second kappa shape index (κ2) is 6.26. The van der Waals surface area contributed by atoms with Gasteiger partial charge in [0.25, 0.3) is 0 Å². The Labute approximate surface area is 121 Å². The predicted octanol–water partition coefficient (Wildman–Crippen LogP) is 2.24. The van der Waals surface area contributed by atoms with Crippen molar-refractivity contribution in [3.05, 3.63) is 60.1 Å². The van der Waals surface area contributed by atoms with Gasteiger partial charge in [-0.05, 0) is 17.7 Å². The fraction of sp³-hybridized carbons (Fsp3) is 0.214. The number of aliphatic carboxylic acids is 1. The van der Waals surface area contributed by atoms with E-state index in [-0.39, 0.29) is 17.7 Å². The molecule has 0 aliphatic rings. The molecule has 3 N–H and O–H groups in total. The summed E-state index contributed by atoms with van der Waals surface area (Å²) >= 11 is 0. The Morgan fingerprint density at radius 3 is 2.38 bits per heavy atom. The molecule has 1 aromatic carbocycles. The van der Waals surface area contributed by atoms with Gasteiger partial charge in [-0.1, -0.05) is 30.3 Å². The van der Waals surface area contributed by atoms with Crippen molar-refractivity contribution in [2.45, 2.75) is 17.9 Å². The van der Waals surface area contributed by atoms with Gasteiger partial charge in [-0.2, -0.15) is 0 Å². The lowest BCUT2D eigenvalue weighted by Crippen LogP contribution is -2.25. The molecule has 1 unspecified atom stereocenters. The average molecular weight is 310 g/mol. The van der Waals surface area contributed by atoms with E-state index in [1.165, 1.54) is 24.5 Å². The first-order valence-electron chi connectivity index (χ1n) is 6.23. The van der Waals surface area contributed by atoms with Crippen LogP contribution in [0.4, 0.5) is 0 Å². The molecular weight excluding hydrogens is 295 g/mol. The van der Waals surface area contributed by atoms with Crippen LogP contribution in [0.5, 0.6) is 0 Å². The molecule has 3 atom stereocenters. The Morgan fingerprint density at radius 2 is 1.86 bits per heavy atom. The Balaban J connectivity index is 2.29. The maximum absolute atomic E-state index is 12.5. The fourth-order valence-corrected chi connectivity index (χ4v) is 3.70. The van der Waals surface area contributed by atoms with Gasteiger partial charge in [0.15, 0.2) is 5.85 Å². The second-order valence-electron chi connectivity index (χ2n) is 4.59. The predicted molar refractivity (Wildman–Crippen MR) is 75.1 cm³/mol. The molecule has 1 aromatic heterocycles. The maximum atomic E-state index is 12.5. The van der Waals surface area contributed by atoms with Crippen molar-refractivity contribution in [1.82, 2.24) is 0 Å². The summed E-state index contributed by atoms with van der Waals surface area (Å²) in [5, 5.41) is 19.3. The van der Waals surface area contributed by atoms with Crippen molar-refractivity contribution in [3.8, 4) is 0 Å². The molecule has 1 heterocycles. The molecule has 0 amide bonds. The monoisotopic (exact) mass is 310 g/mol. The smallest absolute Gasteiger partial charge is 0.316 e. The number of carboxylic acids is 1. The molecule has 0 spiro atoms. The van der Waals surface area contributed by atoms with Gasteiger partial charge in [0.2, 0.25) is 7.37 Å². The van der Waals surface area contributed by atoms with Crippen molar-refractivity contribution >= 4 is 13.3 Å². The zero-order valence-corrected chi connectivity index (χ0v) is 11.9. The third-order valence-corrected chi connectivity index (χ3v) is 5.45.